The van der Waals surface area contributed by atoms with Gasteiger partial charge in [0.1, 0.15) is 0 Å². The Labute approximate surface area is 89.7 Å². The molecular formula is C7H15NO5S2. The average Bonchev–Trinajstić information content (AvgIpc) is 2.77. The molecule has 15 heavy (non-hydrogen) atoms. The molecular weight excluding hydrogens is 242 g/mol. The third kappa shape index (κ3) is 5.45. The van der Waals surface area contributed by atoms with Crippen LogP contribution in [0.15, 0.2) is 0 Å². The summed E-state index contributed by atoms with van der Waals surface area (Å²) >= 11 is 0. The van der Waals surface area contributed by atoms with Gasteiger partial charge in [0.15, 0.2) is 14.9 Å². The Balaban J connectivity index is 2.42. The molecule has 0 aromatic rings. The average molecular weight is 257 g/mol. The first-order chi connectivity index (χ1) is 6.70. The Kier molecular flexibility index (Phi) is 3.75. The molecule has 1 atom stereocenters. The number of aliphatic hydroxyl groups is 1. The number of hydrogen-bond acceptors (Lipinski definition) is 5. The van der Waals surface area contributed by atoms with Crippen LogP contribution >= 0.6 is 0 Å². The molecule has 1 rings (SSSR count). The molecule has 0 aromatic heterocycles. The lowest BCUT2D eigenvalue weighted by Crippen LogP contribution is -2.36. The molecule has 8 heteroatoms. The zero-order valence-electron chi connectivity index (χ0n) is 8.38. The van der Waals surface area contributed by atoms with Crippen molar-refractivity contribution in [3.05, 3.63) is 0 Å². The van der Waals surface area contributed by atoms with Gasteiger partial charge in [0, 0.05) is 12.8 Å². The predicted octanol–water partition coefficient (Wildman–Crippen LogP) is -1.32. The van der Waals surface area contributed by atoms with E-state index >= 15 is 0 Å². The van der Waals surface area contributed by atoms with Gasteiger partial charge in [0.2, 0.25) is 10.0 Å². The summed E-state index contributed by atoms with van der Waals surface area (Å²) in [5.74, 6) is 0.158. The van der Waals surface area contributed by atoms with E-state index in [0.717, 1.165) is 19.1 Å². The Morgan fingerprint density at radius 3 is 2.27 bits per heavy atom. The van der Waals surface area contributed by atoms with E-state index in [1.165, 1.54) is 0 Å². The number of sulfone groups is 1. The highest BCUT2D eigenvalue weighted by atomic mass is 32.3. The molecule has 0 spiro atoms. The first kappa shape index (κ1) is 12.9. The Morgan fingerprint density at radius 2 is 1.87 bits per heavy atom. The second-order valence-corrected chi connectivity index (χ2v) is 8.22. The topological polar surface area (TPSA) is 101 Å². The molecule has 2 N–H and O–H groups in total. The fourth-order valence-corrected chi connectivity index (χ4v) is 4.20. The van der Waals surface area contributed by atoms with Gasteiger partial charge in [-0.15, -0.1) is 0 Å². The first-order valence-corrected chi connectivity index (χ1v) is 8.24. The van der Waals surface area contributed by atoms with Crippen molar-refractivity contribution in [3.8, 4) is 0 Å². The minimum Gasteiger partial charge on any atom is -0.391 e. The van der Waals surface area contributed by atoms with Crippen molar-refractivity contribution in [2.45, 2.75) is 18.9 Å². The fraction of sp³-hybridized carbons (Fsp3) is 1.00. The first-order valence-electron chi connectivity index (χ1n) is 4.53. The van der Waals surface area contributed by atoms with Crippen LogP contribution in [-0.2, 0) is 19.9 Å². The zero-order chi connectivity index (χ0) is 11.7. The maximum atomic E-state index is 11.2. The molecule has 90 valence electrons. The summed E-state index contributed by atoms with van der Waals surface area (Å²) in [6.07, 6.45) is 1.94. The van der Waals surface area contributed by atoms with Crippen LogP contribution in [0, 0.1) is 5.92 Å². The molecule has 1 fully saturated rings. The van der Waals surface area contributed by atoms with Crippen molar-refractivity contribution < 1.29 is 21.9 Å². The second kappa shape index (κ2) is 4.36. The molecule has 0 bridgehead atoms. The monoisotopic (exact) mass is 257 g/mol. The van der Waals surface area contributed by atoms with Crippen LogP contribution in [0.25, 0.3) is 0 Å². The van der Waals surface area contributed by atoms with E-state index in [1.54, 1.807) is 0 Å². The Bertz CT molecular complexity index is 409. The van der Waals surface area contributed by atoms with Gasteiger partial charge in [-0.3, -0.25) is 0 Å². The van der Waals surface area contributed by atoms with Crippen LogP contribution in [-0.4, -0.2) is 45.9 Å². The van der Waals surface area contributed by atoms with Crippen LogP contribution < -0.4 is 4.72 Å². The summed E-state index contributed by atoms with van der Waals surface area (Å²) in [5, 5.41) is 8.44. The van der Waals surface area contributed by atoms with E-state index in [2.05, 4.69) is 4.72 Å². The molecule has 6 nitrogen and oxygen atoms in total. The van der Waals surface area contributed by atoms with E-state index in [1.807, 2.05) is 0 Å². The van der Waals surface area contributed by atoms with Crippen LogP contribution in [0.1, 0.15) is 12.8 Å². The molecule has 0 amide bonds. The van der Waals surface area contributed by atoms with Crippen LogP contribution in [0.4, 0.5) is 0 Å². The Morgan fingerprint density at radius 1 is 1.33 bits per heavy atom. The standard InChI is InChI=1S/C7H15NO5S2/c1-14(10,11)5-15(12,13)8-4-7(9)6-2-3-6/h6-9H,2-5H2,1H3. The molecule has 0 saturated heterocycles. The van der Waals surface area contributed by atoms with Gasteiger partial charge in [0.25, 0.3) is 0 Å². The highest BCUT2D eigenvalue weighted by molar-refractivity contribution is 8.06. The summed E-state index contributed by atoms with van der Waals surface area (Å²) in [6.45, 7) is -0.109. The summed E-state index contributed by atoms with van der Waals surface area (Å²) in [7, 11) is -7.40. The highest BCUT2D eigenvalue weighted by Gasteiger charge is 2.30. The van der Waals surface area contributed by atoms with Gasteiger partial charge in [-0.2, -0.15) is 0 Å². The van der Waals surface area contributed by atoms with Crippen molar-refractivity contribution in [2.24, 2.45) is 5.92 Å². The van der Waals surface area contributed by atoms with E-state index < -0.39 is 31.0 Å². The normalized spacial score (nSPS) is 20.1. The maximum absolute atomic E-state index is 11.2. The van der Waals surface area contributed by atoms with E-state index in [-0.39, 0.29) is 12.5 Å². The van der Waals surface area contributed by atoms with Crippen LogP contribution in [0.2, 0.25) is 0 Å². The summed E-state index contributed by atoms with van der Waals surface area (Å²) < 4.78 is 46.0. The lowest BCUT2D eigenvalue weighted by atomic mass is 10.2. The fourth-order valence-electron chi connectivity index (χ4n) is 1.18. The SMILES string of the molecule is CS(=O)(=O)CS(=O)(=O)NCC(O)C1CC1. The Hall–Kier alpha value is -0.180. The highest BCUT2D eigenvalue weighted by Crippen LogP contribution is 2.32. The predicted molar refractivity (Wildman–Crippen MR) is 55.4 cm³/mol. The molecule has 1 saturated carbocycles. The van der Waals surface area contributed by atoms with Crippen LogP contribution in [0.3, 0.4) is 0 Å². The van der Waals surface area contributed by atoms with E-state index in [0.29, 0.717) is 0 Å². The van der Waals surface area contributed by atoms with Gasteiger partial charge in [-0.25, -0.2) is 21.6 Å². The van der Waals surface area contributed by atoms with Gasteiger partial charge in [-0.1, -0.05) is 0 Å². The lowest BCUT2D eigenvalue weighted by molar-refractivity contribution is 0.155. The zero-order valence-corrected chi connectivity index (χ0v) is 10.0. The van der Waals surface area contributed by atoms with Crippen molar-refractivity contribution in [1.82, 2.24) is 4.72 Å². The summed E-state index contributed by atoms with van der Waals surface area (Å²) in [6, 6.07) is 0. The molecule has 1 unspecified atom stereocenters. The molecule has 0 heterocycles. The van der Waals surface area contributed by atoms with Crippen molar-refractivity contribution in [2.75, 3.05) is 17.9 Å². The van der Waals surface area contributed by atoms with Gasteiger partial charge in [-0.05, 0) is 18.8 Å². The third-order valence-corrected chi connectivity index (χ3v) is 5.61. The quantitative estimate of drug-likeness (QED) is 0.614. The smallest absolute Gasteiger partial charge is 0.226 e. The van der Waals surface area contributed by atoms with E-state index in [4.69, 9.17) is 0 Å². The van der Waals surface area contributed by atoms with E-state index in [9.17, 15) is 21.9 Å². The van der Waals surface area contributed by atoms with Gasteiger partial charge in [0.05, 0.1) is 6.10 Å². The lowest BCUT2D eigenvalue weighted by Gasteiger charge is -2.10. The van der Waals surface area contributed by atoms with Crippen molar-refractivity contribution in [3.63, 3.8) is 0 Å². The largest absolute Gasteiger partial charge is 0.391 e. The minimum absolute atomic E-state index is 0.109. The molecule has 0 radical (unpaired) electrons. The number of aliphatic hydroxyl groups excluding tert-OH is 1. The van der Waals surface area contributed by atoms with Crippen LogP contribution in [0.5, 0.6) is 0 Å². The molecule has 1 aliphatic rings. The summed E-state index contributed by atoms with van der Waals surface area (Å²) in [5.41, 5.74) is 0. The third-order valence-electron chi connectivity index (χ3n) is 2.05. The van der Waals surface area contributed by atoms with Crippen molar-refractivity contribution in [1.29, 1.82) is 0 Å². The maximum Gasteiger partial charge on any atom is 0.226 e. The van der Waals surface area contributed by atoms with Crippen molar-refractivity contribution >= 4 is 19.9 Å². The minimum atomic E-state index is -3.84. The number of rotatable bonds is 6. The second-order valence-electron chi connectivity index (χ2n) is 3.91. The number of nitrogens with one attached hydrogen (secondary N) is 1. The summed E-state index contributed by atoms with van der Waals surface area (Å²) in [4.78, 5) is 0. The molecule has 1 aliphatic carbocycles. The van der Waals surface area contributed by atoms with Gasteiger partial charge < -0.3 is 5.11 Å². The molecule has 0 aliphatic heterocycles. The van der Waals surface area contributed by atoms with Gasteiger partial charge >= 0.3 is 0 Å². The number of sulfonamides is 1. The number of hydrogen-bond donors (Lipinski definition) is 2. The molecule has 0 aromatic carbocycles.